The third-order valence-electron chi connectivity index (χ3n) is 2.91. The third kappa shape index (κ3) is 3.85. The summed E-state index contributed by atoms with van der Waals surface area (Å²) in [6.45, 7) is 2.49. The molecule has 1 aromatic heterocycles. The van der Waals surface area contributed by atoms with Crippen molar-refractivity contribution in [1.29, 1.82) is 0 Å². The van der Waals surface area contributed by atoms with Gasteiger partial charge in [-0.25, -0.2) is 0 Å². The number of carbonyl (C=O) groups is 1. The Morgan fingerprint density at radius 2 is 2.10 bits per heavy atom. The molecule has 0 aliphatic heterocycles. The van der Waals surface area contributed by atoms with Gasteiger partial charge in [0.2, 0.25) is 0 Å². The van der Waals surface area contributed by atoms with Gasteiger partial charge >= 0.3 is 0 Å². The molecule has 0 saturated heterocycles. The molecule has 1 aromatic carbocycles. The van der Waals surface area contributed by atoms with Gasteiger partial charge in [-0.3, -0.25) is 4.79 Å². The summed E-state index contributed by atoms with van der Waals surface area (Å²) < 4.78 is 10.2. The van der Waals surface area contributed by atoms with E-state index in [9.17, 15) is 4.79 Å². The van der Waals surface area contributed by atoms with Crippen molar-refractivity contribution in [2.24, 2.45) is 0 Å². The topological polar surface area (TPSA) is 64.4 Å². The predicted octanol–water partition coefficient (Wildman–Crippen LogP) is 2.35. The minimum Gasteiger partial charge on any atom is -0.497 e. The largest absolute Gasteiger partial charge is 0.497 e. The Bertz CT molecular complexity index is 561. The van der Waals surface area contributed by atoms with Gasteiger partial charge < -0.3 is 14.6 Å². The van der Waals surface area contributed by atoms with Crippen LogP contribution in [0.5, 0.6) is 5.75 Å². The number of amides is 1. The summed E-state index contributed by atoms with van der Waals surface area (Å²) in [6.07, 6.45) is 1.58. The van der Waals surface area contributed by atoms with Crippen LogP contribution in [0.25, 0.3) is 0 Å². The predicted molar refractivity (Wildman–Crippen MR) is 74.9 cm³/mol. The van der Waals surface area contributed by atoms with Gasteiger partial charge in [0.1, 0.15) is 11.5 Å². The van der Waals surface area contributed by atoms with E-state index in [1.54, 1.807) is 31.4 Å². The average molecular weight is 274 g/mol. The SMILES string of the molecule is COc1ccc(C(=O)NCCCc2cc(C)no2)cc1. The highest BCUT2D eigenvalue weighted by Gasteiger charge is 2.05. The molecule has 0 atom stereocenters. The summed E-state index contributed by atoms with van der Waals surface area (Å²) in [5.41, 5.74) is 1.50. The molecule has 0 aliphatic rings. The quantitative estimate of drug-likeness (QED) is 0.821. The first-order chi connectivity index (χ1) is 9.69. The van der Waals surface area contributed by atoms with E-state index in [0.717, 1.165) is 30.0 Å². The molecule has 0 bridgehead atoms. The lowest BCUT2D eigenvalue weighted by Gasteiger charge is -2.05. The fourth-order valence-electron chi connectivity index (χ4n) is 1.84. The van der Waals surface area contributed by atoms with Crippen LogP contribution in [0.15, 0.2) is 34.9 Å². The van der Waals surface area contributed by atoms with E-state index >= 15 is 0 Å². The Morgan fingerprint density at radius 3 is 2.70 bits per heavy atom. The van der Waals surface area contributed by atoms with Crippen molar-refractivity contribution in [3.05, 3.63) is 47.3 Å². The van der Waals surface area contributed by atoms with Gasteiger partial charge in [0.15, 0.2) is 0 Å². The van der Waals surface area contributed by atoms with Crippen molar-refractivity contribution in [1.82, 2.24) is 10.5 Å². The fourth-order valence-corrected chi connectivity index (χ4v) is 1.84. The van der Waals surface area contributed by atoms with Crippen LogP contribution in [-0.4, -0.2) is 24.7 Å². The fraction of sp³-hybridized carbons (Fsp3) is 0.333. The Morgan fingerprint density at radius 1 is 1.35 bits per heavy atom. The van der Waals surface area contributed by atoms with E-state index < -0.39 is 0 Å². The maximum atomic E-state index is 11.9. The van der Waals surface area contributed by atoms with E-state index in [1.807, 2.05) is 13.0 Å². The molecule has 0 unspecified atom stereocenters. The number of carbonyl (C=O) groups excluding carboxylic acids is 1. The van der Waals surface area contributed by atoms with Gasteiger partial charge in [-0.05, 0) is 37.6 Å². The number of hydrogen-bond donors (Lipinski definition) is 1. The molecule has 0 aliphatic carbocycles. The molecule has 0 spiro atoms. The molecule has 106 valence electrons. The average Bonchev–Trinajstić information content (AvgIpc) is 2.89. The molecule has 1 N–H and O–H groups in total. The van der Waals surface area contributed by atoms with Crippen LogP contribution in [0.2, 0.25) is 0 Å². The van der Waals surface area contributed by atoms with Crippen LogP contribution in [0.4, 0.5) is 0 Å². The van der Waals surface area contributed by atoms with Crippen molar-refractivity contribution in [2.75, 3.05) is 13.7 Å². The van der Waals surface area contributed by atoms with Crippen LogP contribution in [0.3, 0.4) is 0 Å². The normalized spacial score (nSPS) is 10.3. The smallest absolute Gasteiger partial charge is 0.251 e. The lowest BCUT2D eigenvalue weighted by Crippen LogP contribution is -2.24. The molecule has 20 heavy (non-hydrogen) atoms. The van der Waals surface area contributed by atoms with Crippen LogP contribution in [0, 0.1) is 6.92 Å². The second-order valence-corrected chi connectivity index (χ2v) is 4.52. The number of aryl methyl sites for hydroxylation is 2. The van der Waals surface area contributed by atoms with Gasteiger partial charge in [0, 0.05) is 24.6 Å². The van der Waals surface area contributed by atoms with Crippen molar-refractivity contribution < 1.29 is 14.1 Å². The van der Waals surface area contributed by atoms with Gasteiger partial charge in [0.25, 0.3) is 5.91 Å². The van der Waals surface area contributed by atoms with E-state index in [-0.39, 0.29) is 5.91 Å². The van der Waals surface area contributed by atoms with Crippen LogP contribution in [0.1, 0.15) is 28.2 Å². The molecule has 5 heteroatoms. The molecule has 2 aromatic rings. The van der Waals surface area contributed by atoms with Gasteiger partial charge in [-0.2, -0.15) is 0 Å². The molecule has 5 nitrogen and oxygen atoms in total. The first-order valence-electron chi connectivity index (χ1n) is 6.53. The van der Waals surface area contributed by atoms with Crippen molar-refractivity contribution in [2.45, 2.75) is 19.8 Å². The first kappa shape index (κ1) is 14.1. The van der Waals surface area contributed by atoms with Gasteiger partial charge in [-0.1, -0.05) is 5.16 Å². The highest BCUT2D eigenvalue weighted by Crippen LogP contribution is 2.11. The molecular formula is C15H18N2O3. The van der Waals surface area contributed by atoms with Gasteiger partial charge in [-0.15, -0.1) is 0 Å². The monoisotopic (exact) mass is 274 g/mol. The Balaban J connectivity index is 1.74. The number of ether oxygens (including phenoxy) is 1. The number of rotatable bonds is 6. The van der Waals surface area contributed by atoms with E-state index in [4.69, 9.17) is 9.26 Å². The number of aromatic nitrogens is 1. The summed E-state index contributed by atoms with van der Waals surface area (Å²) in [5, 5.41) is 6.69. The van der Waals surface area contributed by atoms with Crippen molar-refractivity contribution in [3.63, 3.8) is 0 Å². The second-order valence-electron chi connectivity index (χ2n) is 4.52. The Hall–Kier alpha value is -2.30. The van der Waals surface area contributed by atoms with E-state index in [0.29, 0.717) is 12.1 Å². The number of hydrogen-bond acceptors (Lipinski definition) is 4. The Kier molecular flexibility index (Phi) is 4.76. The lowest BCUT2D eigenvalue weighted by molar-refractivity contribution is 0.0953. The summed E-state index contributed by atoms with van der Waals surface area (Å²) in [5.74, 6) is 1.50. The van der Waals surface area contributed by atoms with Crippen molar-refractivity contribution in [3.8, 4) is 5.75 Å². The molecule has 2 rings (SSSR count). The summed E-state index contributed by atoms with van der Waals surface area (Å²) >= 11 is 0. The first-order valence-corrected chi connectivity index (χ1v) is 6.53. The Labute approximate surface area is 117 Å². The summed E-state index contributed by atoms with van der Waals surface area (Å²) in [7, 11) is 1.60. The minimum atomic E-state index is -0.0820. The lowest BCUT2D eigenvalue weighted by atomic mass is 10.2. The molecule has 0 saturated carbocycles. The molecule has 1 amide bonds. The highest BCUT2D eigenvalue weighted by atomic mass is 16.5. The summed E-state index contributed by atoms with van der Waals surface area (Å²) in [6, 6.07) is 8.94. The van der Waals surface area contributed by atoms with Gasteiger partial charge in [0.05, 0.1) is 12.8 Å². The number of nitrogens with one attached hydrogen (secondary N) is 1. The zero-order valence-electron chi connectivity index (χ0n) is 11.7. The maximum absolute atomic E-state index is 11.9. The number of benzene rings is 1. The molecule has 0 radical (unpaired) electrons. The standard InChI is InChI=1S/C15H18N2O3/c1-11-10-14(20-17-11)4-3-9-16-15(18)12-5-7-13(19-2)8-6-12/h5-8,10H,3-4,9H2,1-2H3,(H,16,18). The minimum absolute atomic E-state index is 0.0820. The molecule has 1 heterocycles. The van der Waals surface area contributed by atoms with E-state index in [2.05, 4.69) is 10.5 Å². The zero-order valence-corrected chi connectivity index (χ0v) is 11.7. The highest BCUT2D eigenvalue weighted by molar-refractivity contribution is 5.94. The molecule has 0 fully saturated rings. The molecular weight excluding hydrogens is 256 g/mol. The van der Waals surface area contributed by atoms with Crippen LogP contribution in [-0.2, 0) is 6.42 Å². The van der Waals surface area contributed by atoms with Crippen molar-refractivity contribution >= 4 is 5.91 Å². The maximum Gasteiger partial charge on any atom is 0.251 e. The second kappa shape index (κ2) is 6.75. The number of nitrogens with zero attached hydrogens (tertiary/aromatic N) is 1. The van der Waals surface area contributed by atoms with Crippen LogP contribution < -0.4 is 10.1 Å². The van der Waals surface area contributed by atoms with Crippen LogP contribution >= 0.6 is 0 Å². The third-order valence-corrected chi connectivity index (χ3v) is 2.91. The number of methoxy groups -OCH3 is 1. The summed E-state index contributed by atoms with van der Waals surface area (Å²) in [4.78, 5) is 11.9. The zero-order chi connectivity index (χ0) is 14.4. The van der Waals surface area contributed by atoms with E-state index in [1.165, 1.54) is 0 Å².